The van der Waals surface area contributed by atoms with E-state index in [1.165, 1.54) is 22.3 Å². The third-order valence-electron chi connectivity index (χ3n) is 5.97. The summed E-state index contributed by atoms with van der Waals surface area (Å²) >= 11 is 0. The Labute approximate surface area is 162 Å². The number of amides is 2. The van der Waals surface area contributed by atoms with E-state index in [2.05, 4.69) is 59.2 Å². The van der Waals surface area contributed by atoms with Crippen LogP contribution in [-0.4, -0.2) is 37.1 Å². The van der Waals surface area contributed by atoms with Crippen LogP contribution in [0.3, 0.4) is 0 Å². The van der Waals surface area contributed by atoms with E-state index in [-0.39, 0.29) is 6.03 Å². The Hall–Kier alpha value is -2.33. The maximum absolute atomic E-state index is 12.4. The van der Waals surface area contributed by atoms with Gasteiger partial charge in [0.1, 0.15) is 0 Å². The number of hydrogen-bond acceptors (Lipinski definition) is 2. The van der Waals surface area contributed by atoms with Gasteiger partial charge in [0.05, 0.1) is 0 Å². The lowest BCUT2D eigenvalue weighted by atomic mass is 9.96. The summed E-state index contributed by atoms with van der Waals surface area (Å²) in [4.78, 5) is 14.3. The van der Waals surface area contributed by atoms with Gasteiger partial charge in [-0.3, -0.25) is 0 Å². The van der Waals surface area contributed by atoms with Crippen molar-refractivity contribution in [3.05, 3.63) is 70.8 Å². The van der Waals surface area contributed by atoms with E-state index in [9.17, 15) is 4.79 Å². The molecule has 4 nitrogen and oxygen atoms in total. The molecule has 2 amide bonds. The van der Waals surface area contributed by atoms with Crippen molar-refractivity contribution < 1.29 is 4.79 Å². The molecule has 4 heteroatoms. The summed E-state index contributed by atoms with van der Waals surface area (Å²) in [5.74, 6) is 0.657. The average molecular weight is 364 g/mol. The average Bonchev–Trinajstić information content (AvgIpc) is 3.10. The van der Waals surface area contributed by atoms with E-state index in [1.807, 2.05) is 11.9 Å². The Balaban J connectivity index is 1.19. The van der Waals surface area contributed by atoms with Crippen molar-refractivity contribution in [2.45, 2.75) is 38.3 Å². The van der Waals surface area contributed by atoms with Gasteiger partial charge in [-0.25, -0.2) is 4.79 Å². The SMILES string of the molecule is CN(C[C@@H]1Cc2ccccc2CN1)C(=O)NCCC1Cc2ccccc2C1. The van der Waals surface area contributed by atoms with Gasteiger partial charge in [0.2, 0.25) is 0 Å². The monoisotopic (exact) mass is 363 g/mol. The molecule has 2 N–H and O–H groups in total. The largest absolute Gasteiger partial charge is 0.338 e. The minimum Gasteiger partial charge on any atom is -0.338 e. The molecule has 27 heavy (non-hydrogen) atoms. The number of likely N-dealkylation sites (N-methyl/N-ethyl adjacent to an activating group) is 1. The zero-order valence-electron chi connectivity index (χ0n) is 16.1. The fraction of sp³-hybridized carbons (Fsp3) is 0.435. The second-order valence-corrected chi connectivity index (χ2v) is 7.99. The molecule has 2 aromatic carbocycles. The van der Waals surface area contributed by atoms with Crippen molar-refractivity contribution in [3.63, 3.8) is 0 Å². The topological polar surface area (TPSA) is 44.4 Å². The molecular formula is C23H29N3O. The maximum Gasteiger partial charge on any atom is 0.317 e. The van der Waals surface area contributed by atoms with Crippen molar-refractivity contribution in [1.29, 1.82) is 0 Å². The molecule has 2 aromatic rings. The molecule has 1 aliphatic carbocycles. The highest BCUT2D eigenvalue weighted by atomic mass is 16.2. The molecule has 4 rings (SSSR count). The third kappa shape index (κ3) is 4.33. The molecule has 1 heterocycles. The maximum atomic E-state index is 12.4. The highest BCUT2D eigenvalue weighted by molar-refractivity contribution is 5.73. The van der Waals surface area contributed by atoms with Gasteiger partial charge >= 0.3 is 6.03 Å². The number of carbonyl (C=O) groups is 1. The number of nitrogens with zero attached hydrogens (tertiary/aromatic N) is 1. The lowest BCUT2D eigenvalue weighted by Gasteiger charge is -2.30. The van der Waals surface area contributed by atoms with Crippen LogP contribution in [0.1, 0.15) is 28.7 Å². The number of benzene rings is 2. The van der Waals surface area contributed by atoms with Gasteiger partial charge in [-0.1, -0.05) is 48.5 Å². The Morgan fingerprint density at radius 1 is 1.00 bits per heavy atom. The fourth-order valence-corrected chi connectivity index (χ4v) is 4.44. The summed E-state index contributed by atoms with van der Waals surface area (Å²) in [6.45, 7) is 2.37. The Morgan fingerprint density at radius 3 is 2.26 bits per heavy atom. The Kier molecular flexibility index (Phi) is 5.44. The van der Waals surface area contributed by atoms with Crippen LogP contribution in [0.15, 0.2) is 48.5 Å². The molecule has 0 saturated carbocycles. The number of carbonyl (C=O) groups excluding carboxylic acids is 1. The molecular weight excluding hydrogens is 334 g/mol. The second kappa shape index (κ2) is 8.13. The van der Waals surface area contributed by atoms with Crippen molar-refractivity contribution in [2.75, 3.05) is 20.1 Å². The number of hydrogen-bond donors (Lipinski definition) is 2. The summed E-state index contributed by atoms with van der Waals surface area (Å²) in [6.07, 6.45) is 4.32. The number of urea groups is 1. The zero-order valence-corrected chi connectivity index (χ0v) is 16.1. The van der Waals surface area contributed by atoms with Gasteiger partial charge in [0.25, 0.3) is 0 Å². The smallest absolute Gasteiger partial charge is 0.317 e. The standard InChI is InChI=1S/C23H29N3O/c1-26(16-22-14-20-8-4-5-9-21(20)15-25-22)23(27)24-11-10-17-12-18-6-2-3-7-19(18)13-17/h2-9,17,22,25H,10-16H2,1H3,(H,24,27)/t22-/m0/s1. The van der Waals surface area contributed by atoms with Crippen LogP contribution in [0.5, 0.6) is 0 Å². The van der Waals surface area contributed by atoms with E-state index >= 15 is 0 Å². The molecule has 0 aromatic heterocycles. The molecule has 142 valence electrons. The highest BCUT2D eigenvalue weighted by Gasteiger charge is 2.22. The first-order valence-electron chi connectivity index (χ1n) is 10.0. The number of fused-ring (bicyclic) bond motifs is 2. The predicted octanol–water partition coefficient (Wildman–Crippen LogP) is 3.15. The minimum absolute atomic E-state index is 0.0335. The van der Waals surface area contributed by atoms with Crippen LogP contribution in [0.2, 0.25) is 0 Å². The van der Waals surface area contributed by atoms with E-state index in [1.54, 1.807) is 0 Å². The molecule has 0 spiro atoms. The molecule has 0 radical (unpaired) electrons. The lowest BCUT2D eigenvalue weighted by molar-refractivity contribution is 0.201. The van der Waals surface area contributed by atoms with Crippen LogP contribution in [-0.2, 0) is 25.8 Å². The van der Waals surface area contributed by atoms with Gasteiger partial charge in [-0.15, -0.1) is 0 Å². The first-order valence-corrected chi connectivity index (χ1v) is 10.0. The normalized spacial score (nSPS) is 18.6. The van der Waals surface area contributed by atoms with Crippen molar-refractivity contribution in [2.24, 2.45) is 5.92 Å². The second-order valence-electron chi connectivity index (χ2n) is 7.99. The highest BCUT2D eigenvalue weighted by Crippen LogP contribution is 2.28. The number of nitrogens with one attached hydrogen (secondary N) is 2. The van der Waals surface area contributed by atoms with E-state index in [0.29, 0.717) is 12.0 Å². The van der Waals surface area contributed by atoms with Gasteiger partial charge in [-0.05, 0) is 53.9 Å². The summed E-state index contributed by atoms with van der Waals surface area (Å²) < 4.78 is 0. The van der Waals surface area contributed by atoms with E-state index in [0.717, 1.165) is 45.3 Å². The molecule has 0 fully saturated rings. The van der Waals surface area contributed by atoms with Crippen LogP contribution < -0.4 is 10.6 Å². The van der Waals surface area contributed by atoms with Gasteiger partial charge in [-0.2, -0.15) is 0 Å². The lowest BCUT2D eigenvalue weighted by Crippen LogP contribution is -2.48. The predicted molar refractivity (Wildman–Crippen MR) is 109 cm³/mol. The Bertz CT molecular complexity index is 779. The van der Waals surface area contributed by atoms with Gasteiger partial charge in [0.15, 0.2) is 0 Å². The molecule has 1 aliphatic heterocycles. The van der Waals surface area contributed by atoms with Crippen LogP contribution >= 0.6 is 0 Å². The fourth-order valence-electron chi connectivity index (χ4n) is 4.44. The van der Waals surface area contributed by atoms with Gasteiger partial charge in [0, 0.05) is 32.7 Å². The summed E-state index contributed by atoms with van der Waals surface area (Å²) in [7, 11) is 1.89. The van der Waals surface area contributed by atoms with Crippen LogP contribution in [0.25, 0.3) is 0 Å². The Morgan fingerprint density at radius 2 is 1.59 bits per heavy atom. The van der Waals surface area contributed by atoms with Crippen molar-refractivity contribution >= 4 is 6.03 Å². The molecule has 2 aliphatic rings. The minimum atomic E-state index is 0.0335. The zero-order chi connectivity index (χ0) is 18.6. The van der Waals surface area contributed by atoms with Crippen LogP contribution in [0.4, 0.5) is 4.79 Å². The molecule has 0 unspecified atom stereocenters. The van der Waals surface area contributed by atoms with E-state index in [4.69, 9.17) is 0 Å². The van der Waals surface area contributed by atoms with Gasteiger partial charge < -0.3 is 15.5 Å². The molecule has 0 bridgehead atoms. The van der Waals surface area contributed by atoms with Crippen LogP contribution in [0, 0.1) is 5.92 Å². The molecule has 0 saturated heterocycles. The molecule has 1 atom stereocenters. The summed E-state index contributed by atoms with van der Waals surface area (Å²) in [5.41, 5.74) is 5.73. The first-order chi connectivity index (χ1) is 13.2. The van der Waals surface area contributed by atoms with Crippen molar-refractivity contribution in [1.82, 2.24) is 15.5 Å². The third-order valence-corrected chi connectivity index (χ3v) is 5.97. The first kappa shape index (κ1) is 18.1. The van der Waals surface area contributed by atoms with E-state index < -0.39 is 0 Å². The number of rotatable bonds is 5. The van der Waals surface area contributed by atoms with Crippen molar-refractivity contribution in [3.8, 4) is 0 Å². The quantitative estimate of drug-likeness (QED) is 0.857. The summed E-state index contributed by atoms with van der Waals surface area (Å²) in [5, 5.41) is 6.65. The summed E-state index contributed by atoms with van der Waals surface area (Å²) in [6, 6.07) is 17.6.